The molecule has 1 fully saturated rings. The Morgan fingerprint density at radius 2 is 1.81 bits per heavy atom. The fourth-order valence-corrected chi connectivity index (χ4v) is 4.26. The van der Waals surface area contributed by atoms with Crippen molar-refractivity contribution < 1.29 is 18.5 Å². The van der Waals surface area contributed by atoms with Gasteiger partial charge in [-0.05, 0) is 43.9 Å². The fourth-order valence-electron chi connectivity index (χ4n) is 3.17. The van der Waals surface area contributed by atoms with Crippen molar-refractivity contribution in [1.29, 1.82) is 0 Å². The van der Waals surface area contributed by atoms with Crippen LogP contribution in [0.4, 0.5) is 5.69 Å². The van der Waals surface area contributed by atoms with Crippen molar-refractivity contribution in [1.82, 2.24) is 4.31 Å². The summed E-state index contributed by atoms with van der Waals surface area (Å²) < 4.78 is 25.6. The average Bonchev–Trinajstić information content (AvgIpc) is 2.55. The smallest absolute Gasteiger partial charge is 0.279 e. The van der Waals surface area contributed by atoms with Gasteiger partial charge in [-0.3, -0.25) is 4.79 Å². The molecular formula is C18H29ClN3O3S+. The molecule has 2 rings (SSSR count). The van der Waals surface area contributed by atoms with E-state index in [4.69, 9.17) is 11.6 Å². The van der Waals surface area contributed by atoms with E-state index in [1.807, 2.05) is 0 Å². The van der Waals surface area contributed by atoms with Gasteiger partial charge in [-0.15, -0.1) is 0 Å². The molecule has 1 aliphatic rings. The van der Waals surface area contributed by atoms with Crippen LogP contribution in [0.2, 0.25) is 5.02 Å². The summed E-state index contributed by atoms with van der Waals surface area (Å²) in [6.45, 7) is 0.311. The quantitative estimate of drug-likeness (QED) is 0.765. The molecule has 146 valence electrons. The van der Waals surface area contributed by atoms with Crippen LogP contribution in [0.3, 0.4) is 0 Å². The molecule has 0 saturated heterocycles. The molecule has 1 amide bonds. The first-order valence-electron chi connectivity index (χ1n) is 9.16. The minimum Gasteiger partial charge on any atom is -0.336 e. The van der Waals surface area contributed by atoms with Gasteiger partial charge in [0.05, 0.1) is 21.6 Å². The molecule has 6 nitrogen and oxygen atoms in total. The Labute approximate surface area is 161 Å². The second-order valence-electron chi connectivity index (χ2n) is 7.02. The molecule has 0 spiro atoms. The molecule has 1 aliphatic carbocycles. The van der Waals surface area contributed by atoms with Gasteiger partial charge in [-0.25, -0.2) is 12.7 Å². The highest BCUT2D eigenvalue weighted by molar-refractivity contribution is 7.89. The number of carbonyl (C=O) groups excluding carboxylic acids is 1. The highest BCUT2D eigenvalue weighted by Crippen LogP contribution is 2.26. The third kappa shape index (κ3) is 5.94. The summed E-state index contributed by atoms with van der Waals surface area (Å²) in [4.78, 5) is 12.4. The zero-order valence-corrected chi connectivity index (χ0v) is 17.1. The maximum Gasteiger partial charge on any atom is 0.279 e. The van der Waals surface area contributed by atoms with Gasteiger partial charge in [-0.1, -0.05) is 30.9 Å². The van der Waals surface area contributed by atoms with E-state index in [0.29, 0.717) is 23.3 Å². The van der Waals surface area contributed by atoms with E-state index in [2.05, 4.69) is 10.6 Å². The maximum atomic E-state index is 12.3. The molecule has 1 aromatic carbocycles. The summed E-state index contributed by atoms with van der Waals surface area (Å²) in [5.41, 5.74) is 0.325. The lowest BCUT2D eigenvalue weighted by Crippen LogP contribution is -2.91. The monoisotopic (exact) mass is 402 g/mol. The van der Waals surface area contributed by atoms with Gasteiger partial charge in [0, 0.05) is 14.1 Å². The van der Waals surface area contributed by atoms with Gasteiger partial charge >= 0.3 is 0 Å². The predicted octanol–water partition coefficient (Wildman–Crippen LogP) is 2.21. The van der Waals surface area contributed by atoms with E-state index < -0.39 is 10.0 Å². The van der Waals surface area contributed by atoms with Crippen LogP contribution in [0.1, 0.15) is 44.9 Å². The number of halogens is 1. The number of nitrogens with one attached hydrogen (secondary N) is 1. The molecule has 3 N–H and O–H groups in total. The highest BCUT2D eigenvalue weighted by atomic mass is 35.5. The maximum absolute atomic E-state index is 12.3. The Balaban J connectivity index is 1.97. The van der Waals surface area contributed by atoms with Gasteiger partial charge in [0.15, 0.2) is 6.54 Å². The zero-order chi connectivity index (χ0) is 19.2. The molecule has 0 aliphatic heterocycles. The van der Waals surface area contributed by atoms with Crippen LogP contribution in [0.5, 0.6) is 0 Å². The number of hydrogen-bond donors (Lipinski definition) is 2. The molecule has 0 bridgehead atoms. The lowest BCUT2D eigenvalue weighted by atomic mass is 9.97. The van der Waals surface area contributed by atoms with E-state index in [-0.39, 0.29) is 10.8 Å². The Morgan fingerprint density at radius 3 is 2.42 bits per heavy atom. The Kier molecular flexibility index (Phi) is 7.88. The molecule has 0 unspecified atom stereocenters. The molecule has 26 heavy (non-hydrogen) atoms. The second-order valence-corrected chi connectivity index (χ2v) is 9.58. The first-order valence-corrected chi connectivity index (χ1v) is 11.0. The van der Waals surface area contributed by atoms with E-state index in [9.17, 15) is 13.2 Å². The van der Waals surface area contributed by atoms with Crippen molar-refractivity contribution >= 4 is 33.2 Å². The number of hydrogen-bond acceptors (Lipinski definition) is 3. The molecule has 0 atom stereocenters. The Morgan fingerprint density at radius 1 is 1.19 bits per heavy atom. The molecule has 1 aromatic rings. The topological polar surface area (TPSA) is 83.1 Å². The third-order valence-electron chi connectivity index (χ3n) is 4.78. The number of carbonyl (C=O) groups is 1. The van der Waals surface area contributed by atoms with Gasteiger partial charge < -0.3 is 10.6 Å². The lowest BCUT2D eigenvalue weighted by molar-refractivity contribution is -0.680. The standard InChI is InChI=1S/C18H28ClN3O3S/c1-22(2)26(24,25)15-10-11-16(19)17(12-15)21-18(23)13-20-14-8-6-4-3-5-7-9-14/h10-12,14,20H,3-9,13H2,1-2H3,(H,21,23)/p+1. The van der Waals surface area contributed by atoms with E-state index >= 15 is 0 Å². The lowest BCUT2D eigenvalue weighted by Gasteiger charge is -2.18. The largest absolute Gasteiger partial charge is 0.336 e. The minimum atomic E-state index is -3.57. The first-order chi connectivity index (χ1) is 12.3. The SMILES string of the molecule is CN(C)S(=O)(=O)c1ccc(Cl)c(NC(=O)C[NH2+]C2CCCCCCC2)c1. The van der Waals surface area contributed by atoms with Gasteiger partial charge in [0.25, 0.3) is 5.91 Å². The number of anilines is 1. The number of sulfonamides is 1. The van der Waals surface area contributed by atoms with E-state index in [1.165, 1.54) is 64.4 Å². The number of amides is 1. The summed E-state index contributed by atoms with van der Waals surface area (Å²) in [6, 6.07) is 4.82. The minimum absolute atomic E-state index is 0.103. The molecule has 0 aromatic heterocycles. The number of nitrogens with zero attached hydrogens (tertiary/aromatic N) is 1. The predicted molar refractivity (Wildman–Crippen MR) is 104 cm³/mol. The highest BCUT2D eigenvalue weighted by Gasteiger charge is 2.20. The first kappa shape index (κ1) is 21.2. The van der Waals surface area contributed by atoms with Crippen LogP contribution in [0, 0.1) is 0 Å². The molecular weight excluding hydrogens is 374 g/mol. The van der Waals surface area contributed by atoms with Crippen LogP contribution in [0.15, 0.2) is 23.1 Å². The van der Waals surface area contributed by atoms with Crippen molar-refractivity contribution in [2.75, 3.05) is 26.0 Å². The van der Waals surface area contributed by atoms with Gasteiger partial charge in [0.1, 0.15) is 0 Å². The summed E-state index contributed by atoms with van der Waals surface area (Å²) in [5.74, 6) is -0.173. The van der Waals surface area contributed by atoms with Crippen molar-refractivity contribution in [2.45, 2.75) is 55.9 Å². The second kappa shape index (κ2) is 9.69. The molecule has 8 heteroatoms. The number of rotatable bonds is 6. The van der Waals surface area contributed by atoms with Crippen LogP contribution >= 0.6 is 11.6 Å². The van der Waals surface area contributed by atoms with Crippen LogP contribution in [0.25, 0.3) is 0 Å². The van der Waals surface area contributed by atoms with Crippen molar-refractivity contribution in [3.05, 3.63) is 23.2 Å². The Hall–Kier alpha value is -1.15. The third-order valence-corrected chi connectivity index (χ3v) is 6.92. The normalized spacial score (nSPS) is 16.9. The molecule has 1 saturated carbocycles. The molecule has 0 heterocycles. The Bertz CT molecular complexity index is 714. The number of nitrogens with two attached hydrogens (primary N) is 1. The van der Waals surface area contributed by atoms with Crippen molar-refractivity contribution in [3.8, 4) is 0 Å². The van der Waals surface area contributed by atoms with Crippen LogP contribution in [-0.4, -0.2) is 45.3 Å². The number of benzene rings is 1. The average molecular weight is 403 g/mol. The summed E-state index contributed by atoms with van der Waals surface area (Å²) >= 11 is 6.13. The number of quaternary nitrogens is 1. The van der Waals surface area contributed by atoms with Gasteiger partial charge in [0.2, 0.25) is 10.0 Å². The molecule has 0 radical (unpaired) electrons. The fraction of sp³-hybridized carbons (Fsp3) is 0.611. The van der Waals surface area contributed by atoms with E-state index in [1.54, 1.807) is 0 Å². The summed E-state index contributed by atoms with van der Waals surface area (Å²) in [5, 5.41) is 5.16. The van der Waals surface area contributed by atoms with Crippen LogP contribution in [-0.2, 0) is 14.8 Å². The van der Waals surface area contributed by atoms with Crippen LogP contribution < -0.4 is 10.6 Å². The van der Waals surface area contributed by atoms with Crippen molar-refractivity contribution in [3.63, 3.8) is 0 Å². The van der Waals surface area contributed by atoms with E-state index in [0.717, 1.165) is 17.1 Å². The summed E-state index contributed by atoms with van der Waals surface area (Å²) in [7, 11) is -0.644. The zero-order valence-electron chi connectivity index (χ0n) is 15.5. The van der Waals surface area contributed by atoms with Crippen molar-refractivity contribution in [2.24, 2.45) is 0 Å². The van der Waals surface area contributed by atoms with Gasteiger partial charge in [-0.2, -0.15) is 0 Å². The summed E-state index contributed by atoms with van der Waals surface area (Å²) in [6.07, 6.45) is 8.60.